The highest BCUT2D eigenvalue weighted by atomic mass is 16.1. The molecule has 0 fully saturated rings. The molecule has 0 saturated heterocycles. The van der Waals surface area contributed by atoms with Crippen molar-refractivity contribution in [3.63, 3.8) is 0 Å². The maximum Gasteiger partial charge on any atom is 0.254 e. The van der Waals surface area contributed by atoms with Gasteiger partial charge in [-0.2, -0.15) is 5.10 Å². The van der Waals surface area contributed by atoms with Crippen LogP contribution in [0.4, 0.5) is 0 Å². The van der Waals surface area contributed by atoms with Gasteiger partial charge in [0.1, 0.15) is 5.56 Å². The van der Waals surface area contributed by atoms with Crippen LogP contribution in [0.3, 0.4) is 0 Å². The number of primary amides is 1. The van der Waals surface area contributed by atoms with E-state index in [0.717, 1.165) is 31.4 Å². The Morgan fingerprint density at radius 1 is 1.47 bits per heavy atom. The molecule has 2 aromatic heterocycles. The van der Waals surface area contributed by atoms with Gasteiger partial charge in [-0.15, -0.1) is 0 Å². The topological polar surface area (TPSA) is 73.3 Å². The van der Waals surface area contributed by atoms with Gasteiger partial charge < -0.3 is 5.73 Å². The minimum absolute atomic E-state index is 0.268. The predicted octanol–water partition coefficient (Wildman–Crippen LogP) is 2.51. The molecule has 0 bridgehead atoms. The van der Waals surface area contributed by atoms with Crippen LogP contribution in [0.5, 0.6) is 0 Å². The summed E-state index contributed by atoms with van der Waals surface area (Å²) in [5, 5.41) is 4.51. The first-order valence-corrected chi connectivity index (χ1v) is 6.82. The first kappa shape index (κ1) is 13.5. The average Bonchev–Trinajstić information content (AvgIpc) is 2.79. The van der Waals surface area contributed by atoms with Crippen LogP contribution in [0, 0.1) is 0 Å². The second-order valence-electron chi connectivity index (χ2n) is 4.76. The third-order valence-corrected chi connectivity index (χ3v) is 3.45. The first-order chi connectivity index (χ1) is 9.19. The molecule has 0 saturated carbocycles. The molecule has 0 aliphatic heterocycles. The van der Waals surface area contributed by atoms with Crippen molar-refractivity contribution in [3.05, 3.63) is 29.7 Å². The smallest absolute Gasteiger partial charge is 0.254 e. The van der Waals surface area contributed by atoms with Crippen molar-refractivity contribution in [3.8, 4) is 0 Å². The molecule has 102 valence electrons. The number of nitrogens with zero attached hydrogens (tertiary/aromatic N) is 3. The van der Waals surface area contributed by atoms with Crippen molar-refractivity contribution in [2.24, 2.45) is 5.73 Å². The van der Waals surface area contributed by atoms with Gasteiger partial charge in [-0.25, -0.2) is 9.50 Å². The van der Waals surface area contributed by atoms with E-state index in [0.29, 0.717) is 11.2 Å². The molecule has 5 heteroatoms. The minimum atomic E-state index is -0.446. The Balaban J connectivity index is 2.51. The fraction of sp³-hybridized carbons (Fsp3) is 0.500. The van der Waals surface area contributed by atoms with E-state index in [-0.39, 0.29) is 5.92 Å². The van der Waals surface area contributed by atoms with Gasteiger partial charge in [0.2, 0.25) is 0 Å². The summed E-state index contributed by atoms with van der Waals surface area (Å²) in [6.07, 6.45) is 7.68. The van der Waals surface area contributed by atoms with E-state index < -0.39 is 5.91 Å². The van der Waals surface area contributed by atoms with Crippen molar-refractivity contribution in [1.82, 2.24) is 14.6 Å². The third-order valence-electron chi connectivity index (χ3n) is 3.45. The third kappa shape index (κ3) is 2.59. The summed E-state index contributed by atoms with van der Waals surface area (Å²) in [6.45, 7) is 4.27. The average molecular weight is 260 g/mol. The number of nitrogens with two attached hydrogens (primary N) is 1. The van der Waals surface area contributed by atoms with Crippen LogP contribution in [0.2, 0.25) is 0 Å². The van der Waals surface area contributed by atoms with Crippen LogP contribution in [0.1, 0.15) is 61.5 Å². The second-order valence-corrected chi connectivity index (χ2v) is 4.76. The number of hydrogen-bond acceptors (Lipinski definition) is 3. The van der Waals surface area contributed by atoms with Gasteiger partial charge in [-0.1, -0.05) is 26.7 Å². The molecular weight excluding hydrogens is 240 g/mol. The number of unbranched alkanes of at least 4 members (excludes halogenated alkanes) is 1. The molecule has 1 atom stereocenters. The lowest BCUT2D eigenvalue weighted by molar-refractivity contribution is 0.1000. The van der Waals surface area contributed by atoms with Crippen LogP contribution in [0.25, 0.3) is 5.65 Å². The monoisotopic (exact) mass is 260 g/mol. The lowest BCUT2D eigenvalue weighted by atomic mass is 9.93. The number of carbonyl (C=O) groups excluding carboxylic acids is 1. The molecule has 2 N–H and O–H groups in total. The summed E-state index contributed by atoms with van der Waals surface area (Å²) in [5.41, 5.74) is 7.34. The molecule has 1 unspecified atom stereocenters. The van der Waals surface area contributed by atoms with Crippen molar-refractivity contribution in [1.29, 1.82) is 0 Å². The van der Waals surface area contributed by atoms with E-state index in [2.05, 4.69) is 23.9 Å². The van der Waals surface area contributed by atoms with Crippen LogP contribution >= 0.6 is 0 Å². The Morgan fingerprint density at radius 2 is 2.26 bits per heavy atom. The van der Waals surface area contributed by atoms with Gasteiger partial charge >= 0.3 is 0 Å². The van der Waals surface area contributed by atoms with E-state index in [4.69, 9.17) is 5.73 Å². The molecule has 2 rings (SSSR count). The predicted molar refractivity (Wildman–Crippen MR) is 74.1 cm³/mol. The van der Waals surface area contributed by atoms with Gasteiger partial charge in [-0.3, -0.25) is 4.79 Å². The van der Waals surface area contributed by atoms with E-state index in [1.165, 1.54) is 0 Å². The van der Waals surface area contributed by atoms with Crippen molar-refractivity contribution < 1.29 is 4.79 Å². The van der Waals surface area contributed by atoms with Crippen LogP contribution in [-0.2, 0) is 0 Å². The molecule has 19 heavy (non-hydrogen) atoms. The van der Waals surface area contributed by atoms with Crippen molar-refractivity contribution in [2.45, 2.75) is 45.4 Å². The largest absolute Gasteiger partial charge is 0.365 e. The summed E-state index contributed by atoms with van der Waals surface area (Å²) in [4.78, 5) is 15.9. The zero-order valence-corrected chi connectivity index (χ0v) is 11.5. The fourth-order valence-corrected chi connectivity index (χ4v) is 2.41. The van der Waals surface area contributed by atoms with Crippen LogP contribution in [0.15, 0.2) is 18.5 Å². The summed E-state index contributed by atoms with van der Waals surface area (Å²) in [6, 6.07) is 1.79. The van der Waals surface area contributed by atoms with Gasteiger partial charge in [0.15, 0.2) is 5.65 Å². The number of fused-ring (bicyclic) bond motifs is 1. The normalized spacial score (nSPS) is 12.7. The van der Waals surface area contributed by atoms with E-state index in [1.54, 1.807) is 23.0 Å². The van der Waals surface area contributed by atoms with Crippen molar-refractivity contribution >= 4 is 11.6 Å². The van der Waals surface area contributed by atoms with E-state index in [9.17, 15) is 4.79 Å². The molecule has 1 amide bonds. The maximum absolute atomic E-state index is 11.7. The zero-order valence-electron chi connectivity index (χ0n) is 11.5. The molecule has 0 aromatic carbocycles. The Bertz CT molecular complexity index is 576. The SMILES string of the molecule is CCCCC(CC)c1nn2cccnc2c1C(N)=O. The van der Waals surface area contributed by atoms with Crippen molar-refractivity contribution in [2.75, 3.05) is 0 Å². The van der Waals surface area contributed by atoms with Gasteiger partial charge in [0.05, 0.1) is 5.69 Å². The summed E-state index contributed by atoms with van der Waals surface area (Å²) in [5.74, 6) is -0.178. The number of carbonyl (C=O) groups is 1. The molecule has 5 nitrogen and oxygen atoms in total. The fourth-order valence-electron chi connectivity index (χ4n) is 2.41. The second kappa shape index (κ2) is 5.82. The van der Waals surface area contributed by atoms with E-state index >= 15 is 0 Å². The Hall–Kier alpha value is -1.91. The zero-order chi connectivity index (χ0) is 13.8. The molecule has 0 aliphatic rings. The Morgan fingerprint density at radius 3 is 2.89 bits per heavy atom. The van der Waals surface area contributed by atoms with E-state index in [1.807, 2.05) is 0 Å². The number of hydrogen-bond donors (Lipinski definition) is 1. The Kier molecular flexibility index (Phi) is 4.14. The van der Waals surface area contributed by atoms with Gasteiger partial charge in [0, 0.05) is 18.3 Å². The molecule has 0 aliphatic carbocycles. The quantitative estimate of drug-likeness (QED) is 0.867. The van der Waals surface area contributed by atoms with Gasteiger partial charge in [-0.05, 0) is 18.9 Å². The van der Waals surface area contributed by atoms with Gasteiger partial charge in [0.25, 0.3) is 5.91 Å². The Labute approximate surface area is 112 Å². The number of amides is 1. The lowest BCUT2D eigenvalue weighted by Crippen LogP contribution is -2.15. The lowest BCUT2D eigenvalue weighted by Gasteiger charge is -2.12. The first-order valence-electron chi connectivity index (χ1n) is 6.82. The molecule has 0 spiro atoms. The van der Waals surface area contributed by atoms with Crippen LogP contribution < -0.4 is 5.73 Å². The molecule has 2 aromatic rings. The standard InChI is InChI=1S/C14H20N4O/c1-3-5-7-10(4-2)12-11(13(15)19)14-16-8-6-9-18(14)17-12/h6,8-10H,3-5,7H2,1-2H3,(H2,15,19). The maximum atomic E-state index is 11.7. The van der Waals surface area contributed by atoms with Crippen LogP contribution in [-0.4, -0.2) is 20.5 Å². The summed E-state index contributed by atoms with van der Waals surface area (Å²) >= 11 is 0. The number of rotatable bonds is 6. The minimum Gasteiger partial charge on any atom is -0.365 e. The highest BCUT2D eigenvalue weighted by Crippen LogP contribution is 2.28. The highest BCUT2D eigenvalue weighted by Gasteiger charge is 2.23. The highest BCUT2D eigenvalue weighted by molar-refractivity contribution is 6.00. The summed E-state index contributed by atoms with van der Waals surface area (Å²) < 4.78 is 1.64. The summed E-state index contributed by atoms with van der Waals surface area (Å²) in [7, 11) is 0. The number of aromatic nitrogens is 3. The molecule has 0 radical (unpaired) electrons. The molecule has 2 heterocycles. The molecular formula is C14H20N4O.